The van der Waals surface area contributed by atoms with Crippen LogP contribution in [-0.2, 0) is 11.3 Å². The Bertz CT molecular complexity index is 735. The number of amides is 1. The molecule has 0 aromatic heterocycles. The smallest absolute Gasteiger partial charge is 0.251 e. The molecule has 2 aromatic carbocycles. The minimum Gasteiger partial charge on any atom is -0.392 e. The topological polar surface area (TPSA) is 58.6 Å². The van der Waals surface area contributed by atoms with Crippen molar-refractivity contribution < 1.29 is 14.6 Å². The van der Waals surface area contributed by atoms with Gasteiger partial charge in [-0.3, -0.25) is 4.79 Å². The molecule has 1 aliphatic rings. The zero-order valence-corrected chi connectivity index (χ0v) is 14.6. The van der Waals surface area contributed by atoms with E-state index in [0.29, 0.717) is 12.2 Å². The monoisotopic (exact) mass is 339 g/mol. The molecule has 1 fully saturated rings. The molecule has 2 N–H and O–H groups in total. The lowest BCUT2D eigenvalue weighted by Crippen LogP contribution is -2.49. The number of benzene rings is 2. The van der Waals surface area contributed by atoms with Gasteiger partial charge in [-0.15, -0.1) is 0 Å². The molecular formula is C21H25NO3. The largest absolute Gasteiger partial charge is 0.392 e. The van der Waals surface area contributed by atoms with Gasteiger partial charge in [0.15, 0.2) is 0 Å². The normalized spacial score (nSPS) is 15.9. The summed E-state index contributed by atoms with van der Waals surface area (Å²) >= 11 is 0. The van der Waals surface area contributed by atoms with Gasteiger partial charge in [0.05, 0.1) is 18.8 Å². The standard InChI is InChI=1S/C21H25NO3/c1-25-15-21(11-4-5-12-21)22-20(24)17-9-6-8-16(13-17)19-10-3-2-7-18(19)14-23/h2-3,6-10,13,23H,4-5,11-12,14-15H2,1H3,(H,22,24). The van der Waals surface area contributed by atoms with E-state index >= 15 is 0 Å². The average Bonchev–Trinajstić information content (AvgIpc) is 3.10. The highest BCUT2D eigenvalue weighted by molar-refractivity contribution is 5.96. The van der Waals surface area contributed by atoms with Crippen LogP contribution in [-0.4, -0.2) is 30.3 Å². The summed E-state index contributed by atoms with van der Waals surface area (Å²) in [5.74, 6) is -0.0673. The average molecular weight is 339 g/mol. The molecule has 0 unspecified atom stereocenters. The van der Waals surface area contributed by atoms with Gasteiger partial charge in [-0.1, -0.05) is 49.2 Å². The van der Waals surface area contributed by atoms with Crippen molar-refractivity contribution in [2.75, 3.05) is 13.7 Å². The fourth-order valence-electron chi connectivity index (χ4n) is 3.71. The third-order valence-electron chi connectivity index (χ3n) is 4.98. The quantitative estimate of drug-likeness (QED) is 0.846. The van der Waals surface area contributed by atoms with Crippen molar-refractivity contribution in [1.29, 1.82) is 0 Å². The minimum atomic E-state index is -0.245. The van der Waals surface area contributed by atoms with Gasteiger partial charge in [0.1, 0.15) is 0 Å². The molecule has 3 rings (SSSR count). The fourth-order valence-corrected chi connectivity index (χ4v) is 3.71. The van der Waals surface area contributed by atoms with Crippen LogP contribution < -0.4 is 5.32 Å². The van der Waals surface area contributed by atoms with Crippen molar-refractivity contribution in [3.8, 4) is 11.1 Å². The number of ether oxygens (including phenoxy) is 1. The molecule has 25 heavy (non-hydrogen) atoms. The number of hydrogen-bond donors (Lipinski definition) is 2. The van der Waals surface area contributed by atoms with E-state index in [4.69, 9.17) is 4.74 Å². The summed E-state index contributed by atoms with van der Waals surface area (Å²) < 4.78 is 5.35. The second kappa shape index (κ2) is 7.81. The van der Waals surface area contributed by atoms with Crippen LogP contribution in [0.1, 0.15) is 41.6 Å². The van der Waals surface area contributed by atoms with E-state index in [1.165, 1.54) is 0 Å². The molecule has 2 aromatic rings. The summed E-state index contributed by atoms with van der Waals surface area (Å²) in [5, 5.41) is 12.8. The molecular weight excluding hydrogens is 314 g/mol. The molecule has 0 spiro atoms. The molecule has 0 bridgehead atoms. The number of carbonyl (C=O) groups is 1. The van der Waals surface area contributed by atoms with Gasteiger partial charge in [0.2, 0.25) is 0 Å². The second-order valence-electron chi connectivity index (χ2n) is 6.77. The summed E-state index contributed by atoms with van der Waals surface area (Å²) in [4.78, 5) is 12.8. The predicted molar refractivity (Wildman–Crippen MR) is 98.3 cm³/mol. The van der Waals surface area contributed by atoms with Crippen LogP contribution in [0.4, 0.5) is 0 Å². The van der Waals surface area contributed by atoms with E-state index < -0.39 is 0 Å². The predicted octanol–water partition coefficient (Wildman–Crippen LogP) is 3.53. The van der Waals surface area contributed by atoms with Crippen LogP contribution >= 0.6 is 0 Å². The van der Waals surface area contributed by atoms with Crippen LogP contribution in [0.15, 0.2) is 48.5 Å². The molecule has 0 heterocycles. The lowest BCUT2D eigenvalue weighted by molar-refractivity contribution is 0.0767. The number of carbonyl (C=O) groups excluding carboxylic acids is 1. The highest BCUT2D eigenvalue weighted by Crippen LogP contribution is 2.31. The van der Waals surface area contributed by atoms with E-state index in [0.717, 1.165) is 42.4 Å². The first-order valence-electron chi connectivity index (χ1n) is 8.78. The van der Waals surface area contributed by atoms with Gasteiger partial charge < -0.3 is 15.2 Å². The van der Waals surface area contributed by atoms with Gasteiger partial charge in [-0.25, -0.2) is 0 Å². The number of hydrogen-bond acceptors (Lipinski definition) is 3. The van der Waals surface area contributed by atoms with Crippen LogP contribution in [0, 0.1) is 0 Å². The molecule has 1 amide bonds. The first kappa shape index (κ1) is 17.6. The first-order valence-corrected chi connectivity index (χ1v) is 8.78. The molecule has 0 radical (unpaired) electrons. The van der Waals surface area contributed by atoms with Crippen molar-refractivity contribution in [2.24, 2.45) is 0 Å². The SMILES string of the molecule is COCC1(NC(=O)c2cccc(-c3ccccc3CO)c2)CCCC1. The number of rotatable bonds is 6. The maximum absolute atomic E-state index is 12.8. The molecule has 4 heteroatoms. The molecule has 1 saturated carbocycles. The zero-order chi connectivity index (χ0) is 17.7. The lowest BCUT2D eigenvalue weighted by Gasteiger charge is -2.29. The molecule has 0 aliphatic heterocycles. The number of nitrogens with one attached hydrogen (secondary N) is 1. The summed E-state index contributed by atoms with van der Waals surface area (Å²) in [5.41, 5.74) is 3.13. The molecule has 0 atom stereocenters. The lowest BCUT2D eigenvalue weighted by atomic mass is 9.96. The van der Waals surface area contributed by atoms with Crippen molar-refractivity contribution in [3.05, 3.63) is 59.7 Å². The molecule has 132 valence electrons. The maximum Gasteiger partial charge on any atom is 0.251 e. The Kier molecular flexibility index (Phi) is 5.51. The number of aliphatic hydroxyl groups is 1. The highest BCUT2D eigenvalue weighted by atomic mass is 16.5. The molecule has 0 saturated heterocycles. The fraction of sp³-hybridized carbons (Fsp3) is 0.381. The second-order valence-corrected chi connectivity index (χ2v) is 6.77. The Morgan fingerprint density at radius 3 is 2.64 bits per heavy atom. The summed E-state index contributed by atoms with van der Waals surface area (Å²) in [6.45, 7) is 0.523. The first-order chi connectivity index (χ1) is 12.2. The summed E-state index contributed by atoms with van der Waals surface area (Å²) in [6, 6.07) is 15.3. The van der Waals surface area contributed by atoms with Gasteiger partial charge in [0, 0.05) is 12.7 Å². The highest BCUT2D eigenvalue weighted by Gasteiger charge is 2.35. The summed E-state index contributed by atoms with van der Waals surface area (Å²) in [6.07, 6.45) is 4.15. The van der Waals surface area contributed by atoms with Crippen LogP contribution in [0.5, 0.6) is 0 Å². The number of methoxy groups -OCH3 is 1. The van der Waals surface area contributed by atoms with E-state index in [1.807, 2.05) is 48.5 Å². The maximum atomic E-state index is 12.8. The Hall–Kier alpha value is -2.17. The Morgan fingerprint density at radius 1 is 1.16 bits per heavy atom. The van der Waals surface area contributed by atoms with Crippen molar-refractivity contribution in [2.45, 2.75) is 37.8 Å². The van der Waals surface area contributed by atoms with Crippen molar-refractivity contribution in [3.63, 3.8) is 0 Å². The van der Waals surface area contributed by atoms with E-state index in [1.54, 1.807) is 7.11 Å². The van der Waals surface area contributed by atoms with Crippen LogP contribution in [0.25, 0.3) is 11.1 Å². The molecule has 1 aliphatic carbocycles. The van der Waals surface area contributed by atoms with Crippen molar-refractivity contribution >= 4 is 5.91 Å². The van der Waals surface area contributed by atoms with E-state index in [9.17, 15) is 9.90 Å². The van der Waals surface area contributed by atoms with Crippen molar-refractivity contribution in [1.82, 2.24) is 5.32 Å². The van der Waals surface area contributed by atoms with Gasteiger partial charge in [-0.05, 0) is 41.7 Å². The Labute approximate surface area is 148 Å². The van der Waals surface area contributed by atoms with Crippen LogP contribution in [0.2, 0.25) is 0 Å². The molecule has 4 nitrogen and oxygen atoms in total. The summed E-state index contributed by atoms with van der Waals surface area (Å²) in [7, 11) is 1.68. The van der Waals surface area contributed by atoms with E-state index in [2.05, 4.69) is 5.32 Å². The van der Waals surface area contributed by atoms with Gasteiger partial charge in [-0.2, -0.15) is 0 Å². The van der Waals surface area contributed by atoms with Gasteiger partial charge >= 0.3 is 0 Å². The third-order valence-corrected chi connectivity index (χ3v) is 4.98. The minimum absolute atomic E-state index is 0.0243. The Morgan fingerprint density at radius 2 is 1.92 bits per heavy atom. The van der Waals surface area contributed by atoms with E-state index in [-0.39, 0.29) is 18.1 Å². The number of aliphatic hydroxyl groups excluding tert-OH is 1. The zero-order valence-electron chi connectivity index (χ0n) is 14.6. The third kappa shape index (κ3) is 3.91. The Balaban J connectivity index is 1.85. The van der Waals surface area contributed by atoms with Crippen LogP contribution in [0.3, 0.4) is 0 Å². The van der Waals surface area contributed by atoms with Gasteiger partial charge in [0.25, 0.3) is 5.91 Å².